The molecule has 24 heavy (non-hydrogen) atoms. The Morgan fingerprint density at radius 3 is 2.75 bits per heavy atom. The van der Waals surface area contributed by atoms with Crippen LogP contribution >= 0.6 is 0 Å². The van der Waals surface area contributed by atoms with Gasteiger partial charge >= 0.3 is 0 Å². The van der Waals surface area contributed by atoms with Gasteiger partial charge in [-0.15, -0.1) is 0 Å². The van der Waals surface area contributed by atoms with Crippen LogP contribution in [0.25, 0.3) is 0 Å². The quantitative estimate of drug-likeness (QED) is 0.888. The van der Waals surface area contributed by atoms with Crippen LogP contribution in [0.1, 0.15) is 44.1 Å². The Hall–Kier alpha value is -1.62. The van der Waals surface area contributed by atoms with Crippen LogP contribution in [0, 0.1) is 18.8 Å². The minimum Gasteiger partial charge on any atom is -0.393 e. The van der Waals surface area contributed by atoms with Crippen molar-refractivity contribution in [2.75, 3.05) is 24.5 Å². The zero-order valence-corrected chi connectivity index (χ0v) is 14.6. The van der Waals surface area contributed by atoms with Crippen molar-refractivity contribution in [3.63, 3.8) is 0 Å². The lowest BCUT2D eigenvalue weighted by Gasteiger charge is -2.32. The second-order valence-corrected chi connectivity index (χ2v) is 7.39. The summed E-state index contributed by atoms with van der Waals surface area (Å²) in [6.45, 7) is 4.53. The van der Waals surface area contributed by atoms with E-state index < -0.39 is 0 Å². The van der Waals surface area contributed by atoms with Gasteiger partial charge in [-0.3, -0.25) is 4.79 Å². The fourth-order valence-corrected chi connectivity index (χ4v) is 3.86. The third-order valence-corrected chi connectivity index (χ3v) is 5.41. The van der Waals surface area contributed by atoms with E-state index in [-0.39, 0.29) is 17.9 Å². The van der Waals surface area contributed by atoms with E-state index in [9.17, 15) is 9.90 Å². The number of carbonyl (C=O) groups excluding carboxylic acids is 1. The first-order valence-corrected chi connectivity index (χ1v) is 9.25. The van der Waals surface area contributed by atoms with Crippen molar-refractivity contribution in [1.82, 2.24) is 10.3 Å². The molecule has 0 spiro atoms. The fraction of sp³-hybridized carbons (Fsp3) is 0.684. The Morgan fingerprint density at radius 1 is 1.29 bits per heavy atom. The van der Waals surface area contributed by atoms with Crippen LogP contribution in [0.5, 0.6) is 0 Å². The maximum absolute atomic E-state index is 12.4. The summed E-state index contributed by atoms with van der Waals surface area (Å²) in [5.41, 5.74) is 1.17. The summed E-state index contributed by atoms with van der Waals surface area (Å²) in [6.07, 6.45) is 7.42. The lowest BCUT2D eigenvalue weighted by Crippen LogP contribution is -2.42. The van der Waals surface area contributed by atoms with Gasteiger partial charge in [-0.05, 0) is 56.6 Å². The molecular weight excluding hydrogens is 302 g/mol. The first kappa shape index (κ1) is 17.2. The Bertz CT molecular complexity index is 538. The van der Waals surface area contributed by atoms with Crippen molar-refractivity contribution in [2.24, 2.45) is 11.8 Å². The highest BCUT2D eigenvalue weighted by molar-refractivity contribution is 5.79. The van der Waals surface area contributed by atoms with Crippen LogP contribution in [-0.2, 0) is 4.79 Å². The Labute approximate surface area is 144 Å². The van der Waals surface area contributed by atoms with Crippen molar-refractivity contribution in [1.29, 1.82) is 0 Å². The summed E-state index contributed by atoms with van der Waals surface area (Å²) in [5, 5.41) is 12.8. The van der Waals surface area contributed by atoms with Gasteiger partial charge in [0.15, 0.2) is 0 Å². The van der Waals surface area contributed by atoms with Gasteiger partial charge in [-0.25, -0.2) is 4.98 Å². The number of carbonyl (C=O) groups is 1. The summed E-state index contributed by atoms with van der Waals surface area (Å²) in [5.74, 6) is 1.75. The number of rotatable bonds is 4. The van der Waals surface area contributed by atoms with Gasteiger partial charge in [-0.2, -0.15) is 0 Å². The Kier molecular flexibility index (Phi) is 5.72. The largest absolute Gasteiger partial charge is 0.393 e. The number of aryl methyl sites for hydroxylation is 1. The minimum atomic E-state index is -0.175. The van der Waals surface area contributed by atoms with E-state index in [1.54, 1.807) is 0 Å². The van der Waals surface area contributed by atoms with Gasteiger partial charge < -0.3 is 15.3 Å². The van der Waals surface area contributed by atoms with Crippen molar-refractivity contribution in [3.8, 4) is 0 Å². The number of aromatic nitrogens is 1. The van der Waals surface area contributed by atoms with Gasteiger partial charge in [-0.1, -0.05) is 12.5 Å². The SMILES string of the molecule is Cc1ccc(N2CCC(C(=O)NCC3CCCC(O)C3)CC2)nc1. The van der Waals surface area contributed by atoms with Gasteiger partial charge in [0.05, 0.1) is 6.10 Å². The number of aliphatic hydroxyl groups excluding tert-OH is 1. The van der Waals surface area contributed by atoms with Crippen molar-refractivity contribution in [2.45, 2.75) is 51.6 Å². The molecule has 5 nitrogen and oxygen atoms in total. The van der Waals surface area contributed by atoms with Crippen molar-refractivity contribution < 1.29 is 9.90 Å². The molecule has 1 aliphatic heterocycles. The molecule has 132 valence electrons. The average molecular weight is 331 g/mol. The second-order valence-electron chi connectivity index (χ2n) is 7.39. The number of pyridine rings is 1. The van der Waals surface area contributed by atoms with Crippen LogP contribution < -0.4 is 10.2 Å². The van der Waals surface area contributed by atoms with E-state index in [0.717, 1.165) is 64.0 Å². The Balaban J connectivity index is 1.42. The standard InChI is InChI=1S/C19H29N3O2/c1-14-5-6-18(20-12-14)22-9-7-16(8-10-22)19(24)21-13-15-3-2-4-17(23)11-15/h5-6,12,15-17,23H,2-4,7-11,13H2,1H3,(H,21,24). The van der Waals surface area contributed by atoms with Crippen LogP contribution in [-0.4, -0.2) is 41.7 Å². The van der Waals surface area contributed by atoms with Gasteiger partial charge in [0.1, 0.15) is 5.82 Å². The van der Waals surface area contributed by atoms with Crippen LogP contribution in [0.4, 0.5) is 5.82 Å². The zero-order chi connectivity index (χ0) is 16.9. The van der Waals surface area contributed by atoms with Crippen LogP contribution in [0.3, 0.4) is 0 Å². The molecule has 2 N–H and O–H groups in total. The summed E-state index contributed by atoms with van der Waals surface area (Å²) in [4.78, 5) is 19.1. The summed E-state index contributed by atoms with van der Waals surface area (Å²) in [6, 6.07) is 4.14. The molecule has 2 fully saturated rings. The molecule has 3 rings (SSSR count). The highest BCUT2D eigenvalue weighted by atomic mass is 16.3. The number of nitrogens with one attached hydrogen (secondary N) is 1. The van der Waals surface area contributed by atoms with E-state index in [4.69, 9.17) is 0 Å². The van der Waals surface area contributed by atoms with Crippen LogP contribution in [0.2, 0.25) is 0 Å². The summed E-state index contributed by atoms with van der Waals surface area (Å²) >= 11 is 0. The molecule has 5 heteroatoms. The Morgan fingerprint density at radius 2 is 2.08 bits per heavy atom. The summed E-state index contributed by atoms with van der Waals surface area (Å²) in [7, 11) is 0. The molecule has 2 atom stereocenters. The summed E-state index contributed by atoms with van der Waals surface area (Å²) < 4.78 is 0. The first-order chi connectivity index (χ1) is 11.6. The lowest BCUT2D eigenvalue weighted by atomic mass is 9.87. The predicted octanol–water partition coefficient (Wildman–Crippen LogP) is 2.27. The second kappa shape index (κ2) is 7.97. The number of hydrogen-bond acceptors (Lipinski definition) is 4. The maximum atomic E-state index is 12.4. The van der Waals surface area contributed by atoms with E-state index in [2.05, 4.69) is 27.3 Å². The monoisotopic (exact) mass is 331 g/mol. The number of amides is 1. The minimum absolute atomic E-state index is 0.111. The van der Waals surface area contributed by atoms with Gasteiger partial charge in [0, 0.05) is 31.7 Å². The molecule has 1 saturated carbocycles. The maximum Gasteiger partial charge on any atom is 0.223 e. The first-order valence-electron chi connectivity index (χ1n) is 9.25. The smallest absolute Gasteiger partial charge is 0.223 e. The topological polar surface area (TPSA) is 65.5 Å². The molecule has 2 aliphatic rings. The predicted molar refractivity (Wildman–Crippen MR) is 94.9 cm³/mol. The number of anilines is 1. The van der Waals surface area contributed by atoms with Crippen molar-refractivity contribution in [3.05, 3.63) is 23.9 Å². The molecule has 2 unspecified atom stereocenters. The zero-order valence-electron chi connectivity index (χ0n) is 14.6. The van der Waals surface area contributed by atoms with Crippen molar-refractivity contribution >= 4 is 11.7 Å². The third kappa shape index (κ3) is 4.47. The normalized spacial score (nSPS) is 25.5. The molecule has 1 aliphatic carbocycles. The number of hydrogen-bond donors (Lipinski definition) is 2. The molecule has 0 aromatic carbocycles. The molecule has 1 aromatic rings. The lowest BCUT2D eigenvalue weighted by molar-refractivity contribution is -0.125. The molecule has 0 bridgehead atoms. The highest BCUT2D eigenvalue weighted by Crippen LogP contribution is 2.25. The highest BCUT2D eigenvalue weighted by Gasteiger charge is 2.27. The molecule has 1 amide bonds. The molecular formula is C19H29N3O2. The molecule has 1 saturated heterocycles. The fourth-order valence-electron chi connectivity index (χ4n) is 3.86. The third-order valence-electron chi connectivity index (χ3n) is 5.41. The number of aliphatic hydroxyl groups is 1. The number of nitrogens with zero attached hydrogens (tertiary/aromatic N) is 2. The van der Waals surface area contributed by atoms with E-state index in [1.165, 1.54) is 5.56 Å². The van der Waals surface area contributed by atoms with Gasteiger partial charge in [0.25, 0.3) is 0 Å². The van der Waals surface area contributed by atoms with E-state index >= 15 is 0 Å². The van der Waals surface area contributed by atoms with E-state index in [1.807, 2.05) is 13.1 Å². The average Bonchev–Trinajstić information content (AvgIpc) is 2.61. The van der Waals surface area contributed by atoms with E-state index in [0.29, 0.717) is 5.92 Å². The van der Waals surface area contributed by atoms with Crippen LogP contribution in [0.15, 0.2) is 18.3 Å². The molecule has 1 aromatic heterocycles. The molecule has 0 radical (unpaired) electrons. The number of piperidine rings is 1. The van der Waals surface area contributed by atoms with Gasteiger partial charge in [0.2, 0.25) is 5.91 Å². The molecule has 2 heterocycles.